The Labute approximate surface area is 108 Å². The summed E-state index contributed by atoms with van der Waals surface area (Å²) in [6.45, 7) is 0. The number of ether oxygens (including phenoxy) is 1. The van der Waals surface area contributed by atoms with Crippen LogP contribution in [0, 0.1) is 0 Å². The minimum Gasteiger partial charge on any atom is -0.423 e. The molecule has 0 fully saturated rings. The summed E-state index contributed by atoms with van der Waals surface area (Å²) in [7, 11) is 1.67. The van der Waals surface area contributed by atoms with Crippen molar-refractivity contribution >= 4 is 29.2 Å². The lowest BCUT2D eigenvalue weighted by molar-refractivity contribution is 0.441. The van der Waals surface area contributed by atoms with Gasteiger partial charge in [-0.1, -0.05) is 23.7 Å². The molecular weight excluding hydrogens is 263 g/mol. The molecule has 0 unspecified atom stereocenters. The van der Waals surface area contributed by atoms with E-state index >= 15 is 0 Å². The van der Waals surface area contributed by atoms with Crippen molar-refractivity contribution in [1.82, 2.24) is 15.0 Å². The molecular formula is C10H8Cl2N4O. The van der Waals surface area contributed by atoms with Crippen LogP contribution in [-0.4, -0.2) is 22.0 Å². The molecule has 0 amide bonds. The van der Waals surface area contributed by atoms with Crippen LogP contribution in [-0.2, 0) is 0 Å². The highest BCUT2D eigenvalue weighted by atomic mass is 35.5. The molecule has 1 aromatic carbocycles. The number of nitrogens with zero attached hydrogens (tertiary/aromatic N) is 3. The van der Waals surface area contributed by atoms with Crippen molar-refractivity contribution in [3.63, 3.8) is 0 Å². The number of hydrogen-bond donors (Lipinski definition) is 1. The first-order valence-electron chi connectivity index (χ1n) is 4.71. The van der Waals surface area contributed by atoms with Crippen molar-refractivity contribution in [2.75, 3.05) is 12.4 Å². The van der Waals surface area contributed by atoms with E-state index in [1.54, 1.807) is 31.3 Å². The molecule has 0 spiro atoms. The van der Waals surface area contributed by atoms with E-state index in [4.69, 9.17) is 27.9 Å². The molecule has 0 aliphatic carbocycles. The average molecular weight is 271 g/mol. The molecule has 7 heteroatoms. The zero-order chi connectivity index (χ0) is 12.3. The minimum atomic E-state index is 0.0476. The van der Waals surface area contributed by atoms with E-state index in [1.807, 2.05) is 0 Å². The summed E-state index contributed by atoms with van der Waals surface area (Å²) < 4.78 is 5.41. The van der Waals surface area contributed by atoms with E-state index in [2.05, 4.69) is 20.3 Å². The number of anilines is 1. The Hall–Kier alpha value is -1.59. The van der Waals surface area contributed by atoms with E-state index in [0.717, 1.165) is 0 Å². The van der Waals surface area contributed by atoms with Gasteiger partial charge in [-0.15, -0.1) is 0 Å². The van der Waals surface area contributed by atoms with Crippen LogP contribution >= 0.6 is 23.2 Å². The average Bonchev–Trinajstić information content (AvgIpc) is 2.31. The summed E-state index contributed by atoms with van der Waals surface area (Å²) >= 11 is 11.7. The number of benzene rings is 1. The van der Waals surface area contributed by atoms with Crippen LogP contribution < -0.4 is 10.1 Å². The predicted octanol–water partition coefficient (Wildman–Crippen LogP) is 3.01. The Morgan fingerprint density at radius 1 is 1.12 bits per heavy atom. The summed E-state index contributed by atoms with van der Waals surface area (Å²) in [5, 5.41) is 3.26. The van der Waals surface area contributed by atoms with Crippen LogP contribution in [0.3, 0.4) is 0 Å². The third-order valence-electron chi connectivity index (χ3n) is 1.85. The molecule has 1 heterocycles. The standard InChI is InChI=1S/C10H8Cl2N4O/c1-13-9-14-8(12)15-10(16-9)17-7-5-3-2-4-6(7)11/h2-5H,1H3,(H,13,14,15,16). The molecule has 0 aliphatic heterocycles. The molecule has 0 saturated heterocycles. The molecule has 0 saturated carbocycles. The molecule has 2 aromatic rings. The van der Waals surface area contributed by atoms with Gasteiger partial charge in [0.15, 0.2) is 0 Å². The number of nitrogens with one attached hydrogen (secondary N) is 1. The van der Waals surface area contributed by atoms with Crippen LogP contribution in [0.5, 0.6) is 11.8 Å². The first-order valence-corrected chi connectivity index (χ1v) is 5.46. The van der Waals surface area contributed by atoms with Crippen LogP contribution in [0.25, 0.3) is 0 Å². The second-order valence-electron chi connectivity index (χ2n) is 2.99. The maximum atomic E-state index is 5.94. The molecule has 88 valence electrons. The quantitative estimate of drug-likeness (QED) is 0.929. The monoisotopic (exact) mass is 270 g/mol. The Morgan fingerprint density at radius 3 is 2.59 bits per heavy atom. The molecule has 1 aromatic heterocycles. The van der Waals surface area contributed by atoms with Crippen molar-refractivity contribution in [2.45, 2.75) is 0 Å². The highest BCUT2D eigenvalue weighted by Gasteiger charge is 2.08. The lowest BCUT2D eigenvalue weighted by atomic mass is 10.3. The lowest BCUT2D eigenvalue weighted by Gasteiger charge is -2.06. The van der Waals surface area contributed by atoms with Crippen molar-refractivity contribution in [1.29, 1.82) is 0 Å². The summed E-state index contributed by atoms with van der Waals surface area (Å²) in [6, 6.07) is 7.09. The van der Waals surface area contributed by atoms with Crippen molar-refractivity contribution in [3.05, 3.63) is 34.6 Å². The van der Waals surface area contributed by atoms with Gasteiger partial charge in [0.05, 0.1) is 5.02 Å². The fourth-order valence-corrected chi connectivity index (χ4v) is 1.44. The van der Waals surface area contributed by atoms with Gasteiger partial charge < -0.3 is 10.1 Å². The van der Waals surface area contributed by atoms with Crippen LogP contribution in [0.2, 0.25) is 10.3 Å². The highest BCUT2D eigenvalue weighted by molar-refractivity contribution is 6.32. The number of hydrogen-bond acceptors (Lipinski definition) is 5. The second-order valence-corrected chi connectivity index (χ2v) is 3.74. The van der Waals surface area contributed by atoms with Gasteiger partial charge in [0, 0.05) is 7.05 Å². The van der Waals surface area contributed by atoms with Gasteiger partial charge in [-0.05, 0) is 23.7 Å². The summed E-state index contributed by atoms with van der Waals surface area (Å²) in [4.78, 5) is 11.7. The molecule has 5 nitrogen and oxygen atoms in total. The maximum Gasteiger partial charge on any atom is 0.328 e. The van der Waals surface area contributed by atoms with Crippen LogP contribution in [0.4, 0.5) is 5.95 Å². The highest BCUT2D eigenvalue weighted by Crippen LogP contribution is 2.27. The third kappa shape index (κ3) is 2.95. The molecule has 2 rings (SSSR count). The fourth-order valence-electron chi connectivity index (χ4n) is 1.12. The molecule has 0 bridgehead atoms. The lowest BCUT2D eigenvalue weighted by Crippen LogP contribution is -2.01. The van der Waals surface area contributed by atoms with Crippen LogP contribution in [0.1, 0.15) is 0 Å². The first-order chi connectivity index (χ1) is 8.19. The van der Waals surface area contributed by atoms with Gasteiger partial charge in [-0.3, -0.25) is 0 Å². The Kier molecular flexibility index (Phi) is 3.61. The normalized spacial score (nSPS) is 10.1. The van der Waals surface area contributed by atoms with E-state index in [-0.39, 0.29) is 11.3 Å². The SMILES string of the molecule is CNc1nc(Cl)nc(Oc2ccccc2Cl)n1. The fraction of sp³-hybridized carbons (Fsp3) is 0.100. The Balaban J connectivity index is 2.30. The van der Waals surface area contributed by atoms with Gasteiger partial charge in [0.25, 0.3) is 0 Å². The largest absolute Gasteiger partial charge is 0.423 e. The minimum absolute atomic E-state index is 0.0476. The smallest absolute Gasteiger partial charge is 0.328 e. The van der Waals surface area contributed by atoms with E-state index in [9.17, 15) is 0 Å². The Morgan fingerprint density at radius 2 is 1.88 bits per heavy atom. The third-order valence-corrected chi connectivity index (χ3v) is 2.33. The topological polar surface area (TPSA) is 59.9 Å². The number of halogens is 2. The number of rotatable bonds is 3. The molecule has 0 aliphatic rings. The van der Waals surface area contributed by atoms with E-state index in [1.165, 1.54) is 0 Å². The van der Waals surface area contributed by atoms with Crippen LogP contribution in [0.15, 0.2) is 24.3 Å². The Bertz CT molecular complexity index is 535. The number of para-hydroxylation sites is 1. The second kappa shape index (κ2) is 5.16. The van der Waals surface area contributed by atoms with Gasteiger partial charge >= 0.3 is 6.01 Å². The van der Waals surface area contributed by atoms with Gasteiger partial charge in [0.2, 0.25) is 11.2 Å². The summed E-state index contributed by atoms with van der Waals surface area (Å²) in [6.07, 6.45) is 0. The summed E-state index contributed by atoms with van der Waals surface area (Å²) in [5.74, 6) is 0.783. The van der Waals surface area contributed by atoms with E-state index in [0.29, 0.717) is 16.7 Å². The first kappa shape index (κ1) is 11.9. The molecule has 17 heavy (non-hydrogen) atoms. The molecule has 1 N–H and O–H groups in total. The van der Waals surface area contributed by atoms with Gasteiger partial charge in [-0.25, -0.2) is 0 Å². The van der Waals surface area contributed by atoms with Crippen molar-refractivity contribution in [2.24, 2.45) is 0 Å². The zero-order valence-electron chi connectivity index (χ0n) is 8.82. The zero-order valence-corrected chi connectivity index (χ0v) is 10.3. The van der Waals surface area contributed by atoms with Crippen molar-refractivity contribution in [3.8, 4) is 11.8 Å². The number of aromatic nitrogens is 3. The summed E-state index contributed by atoms with van der Waals surface area (Å²) in [5.41, 5.74) is 0. The van der Waals surface area contributed by atoms with Crippen molar-refractivity contribution < 1.29 is 4.74 Å². The van der Waals surface area contributed by atoms with Gasteiger partial charge in [-0.2, -0.15) is 15.0 Å². The van der Waals surface area contributed by atoms with E-state index < -0.39 is 0 Å². The predicted molar refractivity (Wildman–Crippen MR) is 65.9 cm³/mol. The molecule has 0 radical (unpaired) electrons. The molecule has 0 atom stereocenters. The van der Waals surface area contributed by atoms with Gasteiger partial charge in [0.1, 0.15) is 5.75 Å². The maximum absolute atomic E-state index is 5.94.